The minimum absolute atomic E-state index is 0.0701. The molecule has 0 radical (unpaired) electrons. The molecule has 0 aliphatic carbocycles. The first kappa shape index (κ1) is 9.83. The molecule has 0 spiro atoms. The Kier molecular flexibility index (Phi) is 2.25. The summed E-state index contributed by atoms with van der Waals surface area (Å²) in [5.41, 5.74) is 1.72. The molecule has 1 saturated heterocycles. The van der Waals surface area contributed by atoms with E-state index in [1.807, 2.05) is 18.3 Å². The van der Waals surface area contributed by atoms with Gasteiger partial charge in [0.2, 0.25) is 0 Å². The first-order chi connectivity index (χ1) is 8.34. The lowest BCUT2D eigenvalue weighted by Crippen LogP contribution is -2.27. The van der Waals surface area contributed by atoms with Gasteiger partial charge in [-0.2, -0.15) is 5.10 Å². The fraction of sp³-hybridized carbons (Fsp3) is 0.182. The van der Waals surface area contributed by atoms with Gasteiger partial charge >= 0.3 is 6.03 Å². The molecule has 0 unspecified atom stereocenters. The topological polar surface area (TPSA) is 63.1 Å². The number of aromatic nitrogens is 3. The molecule has 2 amide bonds. The van der Waals surface area contributed by atoms with Gasteiger partial charge in [0.1, 0.15) is 0 Å². The second kappa shape index (κ2) is 3.89. The van der Waals surface area contributed by atoms with Crippen molar-refractivity contribution in [2.45, 2.75) is 0 Å². The number of carbonyl (C=O) groups is 1. The van der Waals surface area contributed by atoms with Crippen molar-refractivity contribution in [3.05, 3.63) is 36.9 Å². The van der Waals surface area contributed by atoms with Gasteiger partial charge in [0.25, 0.3) is 0 Å². The maximum absolute atomic E-state index is 11.5. The number of nitrogens with one attached hydrogen (secondary N) is 1. The smallest absolute Gasteiger partial charge is 0.322 e. The summed E-state index contributed by atoms with van der Waals surface area (Å²) in [6, 6.07) is 3.65. The minimum atomic E-state index is -0.0701. The molecule has 2 aromatic heterocycles. The van der Waals surface area contributed by atoms with E-state index in [1.54, 1.807) is 28.2 Å². The molecule has 6 heteroatoms. The molecule has 0 atom stereocenters. The number of pyridine rings is 1. The van der Waals surface area contributed by atoms with Crippen molar-refractivity contribution in [3.8, 4) is 5.69 Å². The summed E-state index contributed by atoms with van der Waals surface area (Å²) in [5.74, 6) is 0. The lowest BCUT2D eigenvalue weighted by molar-refractivity contribution is 0.252. The van der Waals surface area contributed by atoms with Gasteiger partial charge in [0.05, 0.1) is 23.8 Å². The summed E-state index contributed by atoms with van der Waals surface area (Å²) in [5, 5.41) is 6.99. The standard InChI is InChI=1S/C11H11N5O/c17-11-13-5-6-15(11)10-7-14-16(8-10)9-1-3-12-4-2-9/h1-4,7-8H,5-6H2,(H,13,17). The Balaban J connectivity index is 1.91. The van der Waals surface area contributed by atoms with Crippen molar-refractivity contribution in [1.29, 1.82) is 0 Å². The zero-order chi connectivity index (χ0) is 11.7. The average molecular weight is 229 g/mol. The normalized spacial score (nSPS) is 15.1. The van der Waals surface area contributed by atoms with E-state index in [0.717, 1.165) is 11.4 Å². The van der Waals surface area contributed by atoms with Crippen LogP contribution in [0, 0.1) is 0 Å². The molecule has 1 N–H and O–H groups in total. The number of anilines is 1. The molecule has 0 bridgehead atoms. The summed E-state index contributed by atoms with van der Waals surface area (Å²) >= 11 is 0. The third-order valence-corrected chi connectivity index (χ3v) is 2.66. The van der Waals surface area contributed by atoms with Gasteiger partial charge in [0, 0.05) is 25.5 Å². The monoisotopic (exact) mass is 229 g/mol. The summed E-state index contributed by atoms with van der Waals surface area (Å²) in [4.78, 5) is 17.1. The van der Waals surface area contributed by atoms with Gasteiger partial charge in [-0.25, -0.2) is 9.48 Å². The summed E-state index contributed by atoms with van der Waals surface area (Å²) in [6.45, 7) is 1.36. The molecule has 1 fully saturated rings. The largest absolute Gasteiger partial charge is 0.336 e. The van der Waals surface area contributed by atoms with Gasteiger partial charge < -0.3 is 5.32 Å². The molecule has 0 aromatic carbocycles. The van der Waals surface area contributed by atoms with Crippen LogP contribution in [-0.4, -0.2) is 33.9 Å². The van der Waals surface area contributed by atoms with Crippen LogP contribution in [-0.2, 0) is 0 Å². The number of amides is 2. The van der Waals surface area contributed by atoms with Gasteiger partial charge in [0.15, 0.2) is 0 Å². The Labute approximate surface area is 97.9 Å². The number of nitrogens with zero attached hydrogens (tertiary/aromatic N) is 4. The van der Waals surface area contributed by atoms with Crippen molar-refractivity contribution in [3.63, 3.8) is 0 Å². The molecule has 1 aliphatic rings. The highest BCUT2D eigenvalue weighted by Gasteiger charge is 2.22. The highest BCUT2D eigenvalue weighted by molar-refractivity contribution is 5.93. The molecule has 86 valence electrons. The Morgan fingerprint density at radius 2 is 2.06 bits per heavy atom. The van der Waals surface area contributed by atoms with E-state index >= 15 is 0 Å². The molecule has 3 rings (SSSR count). The van der Waals surface area contributed by atoms with Crippen LogP contribution in [0.5, 0.6) is 0 Å². The third kappa shape index (κ3) is 1.73. The van der Waals surface area contributed by atoms with E-state index in [-0.39, 0.29) is 6.03 Å². The lowest BCUT2D eigenvalue weighted by Gasteiger charge is -2.09. The van der Waals surface area contributed by atoms with Gasteiger partial charge in [-0.05, 0) is 12.1 Å². The Bertz CT molecular complexity index is 536. The van der Waals surface area contributed by atoms with Gasteiger partial charge in [-0.3, -0.25) is 9.88 Å². The molecular formula is C11H11N5O. The Hall–Kier alpha value is -2.37. The zero-order valence-electron chi connectivity index (χ0n) is 9.08. The first-order valence-electron chi connectivity index (χ1n) is 5.35. The van der Waals surface area contributed by atoms with Crippen LogP contribution < -0.4 is 10.2 Å². The summed E-state index contributed by atoms with van der Waals surface area (Å²) in [6.07, 6.45) is 6.93. The van der Waals surface area contributed by atoms with Crippen molar-refractivity contribution < 1.29 is 4.79 Å². The molecule has 3 heterocycles. The SMILES string of the molecule is O=C1NCCN1c1cnn(-c2ccncc2)c1. The average Bonchev–Trinajstić information content (AvgIpc) is 2.98. The number of hydrogen-bond donors (Lipinski definition) is 1. The number of urea groups is 1. The van der Waals surface area contributed by atoms with Crippen LogP contribution in [0.2, 0.25) is 0 Å². The predicted molar refractivity (Wildman–Crippen MR) is 62.1 cm³/mol. The van der Waals surface area contributed by atoms with E-state index in [1.165, 1.54) is 0 Å². The maximum atomic E-state index is 11.5. The molecular weight excluding hydrogens is 218 g/mol. The molecule has 2 aromatic rings. The molecule has 1 aliphatic heterocycles. The second-order valence-corrected chi connectivity index (χ2v) is 3.73. The quantitative estimate of drug-likeness (QED) is 0.828. The maximum Gasteiger partial charge on any atom is 0.322 e. The van der Waals surface area contributed by atoms with Crippen LogP contribution in [0.3, 0.4) is 0 Å². The number of hydrogen-bond acceptors (Lipinski definition) is 3. The second-order valence-electron chi connectivity index (χ2n) is 3.73. The predicted octanol–water partition coefficient (Wildman–Crippen LogP) is 0.797. The van der Waals surface area contributed by atoms with E-state index in [0.29, 0.717) is 13.1 Å². The van der Waals surface area contributed by atoms with E-state index in [9.17, 15) is 4.79 Å². The van der Waals surface area contributed by atoms with Crippen LogP contribution in [0.4, 0.5) is 10.5 Å². The fourth-order valence-electron chi connectivity index (χ4n) is 1.81. The highest BCUT2D eigenvalue weighted by Crippen LogP contribution is 2.17. The number of rotatable bonds is 2. The van der Waals surface area contributed by atoms with Crippen LogP contribution >= 0.6 is 0 Å². The van der Waals surface area contributed by atoms with E-state index in [2.05, 4.69) is 15.4 Å². The fourth-order valence-corrected chi connectivity index (χ4v) is 1.81. The van der Waals surface area contributed by atoms with Crippen molar-refractivity contribution in [2.24, 2.45) is 0 Å². The number of carbonyl (C=O) groups excluding carboxylic acids is 1. The van der Waals surface area contributed by atoms with Crippen molar-refractivity contribution >= 4 is 11.7 Å². The molecule has 6 nitrogen and oxygen atoms in total. The zero-order valence-corrected chi connectivity index (χ0v) is 9.08. The van der Waals surface area contributed by atoms with Crippen molar-refractivity contribution in [1.82, 2.24) is 20.1 Å². The van der Waals surface area contributed by atoms with Gasteiger partial charge in [-0.1, -0.05) is 0 Å². The summed E-state index contributed by atoms with van der Waals surface area (Å²) < 4.78 is 1.72. The Morgan fingerprint density at radius 1 is 1.24 bits per heavy atom. The van der Waals surface area contributed by atoms with E-state index < -0.39 is 0 Å². The van der Waals surface area contributed by atoms with Crippen LogP contribution in [0.15, 0.2) is 36.9 Å². The highest BCUT2D eigenvalue weighted by atomic mass is 16.2. The Morgan fingerprint density at radius 3 is 2.76 bits per heavy atom. The van der Waals surface area contributed by atoms with Crippen LogP contribution in [0.1, 0.15) is 0 Å². The van der Waals surface area contributed by atoms with Gasteiger partial charge in [-0.15, -0.1) is 0 Å². The minimum Gasteiger partial charge on any atom is -0.336 e. The first-order valence-corrected chi connectivity index (χ1v) is 5.35. The lowest BCUT2D eigenvalue weighted by atomic mass is 10.4. The van der Waals surface area contributed by atoms with Crippen LogP contribution in [0.25, 0.3) is 5.69 Å². The molecule has 0 saturated carbocycles. The summed E-state index contributed by atoms with van der Waals surface area (Å²) in [7, 11) is 0. The third-order valence-electron chi connectivity index (χ3n) is 2.66. The van der Waals surface area contributed by atoms with E-state index in [4.69, 9.17) is 0 Å². The molecule has 17 heavy (non-hydrogen) atoms. The van der Waals surface area contributed by atoms with Crippen molar-refractivity contribution in [2.75, 3.05) is 18.0 Å².